The molecule has 0 aliphatic heterocycles. The second-order valence-electron chi connectivity index (χ2n) is 5.25. The van der Waals surface area contributed by atoms with Crippen molar-refractivity contribution in [2.24, 2.45) is 0 Å². The number of fused-ring (bicyclic) bond motifs is 1. The summed E-state index contributed by atoms with van der Waals surface area (Å²) in [5.74, 6) is 0. The Kier molecular flexibility index (Phi) is 3.70. The summed E-state index contributed by atoms with van der Waals surface area (Å²) in [7, 11) is 0. The minimum absolute atomic E-state index is 0.230. The van der Waals surface area contributed by atoms with E-state index < -0.39 is 17.9 Å². The van der Waals surface area contributed by atoms with Gasteiger partial charge < -0.3 is 0 Å². The number of rotatable bonds is 3. The number of halogens is 1. The smallest absolute Gasteiger partial charge is 0.298 e. The molecule has 0 aliphatic carbocycles. The predicted molar refractivity (Wildman–Crippen MR) is 87.6 cm³/mol. The third kappa shape index (κ3) is 2.29. The number of thiophene rings is 1. The molecular formula is C16H15FN2O2S. The highest BCUT2D eigenvalue weighted by Gasteiger charge is 2.16. The number of benzene rings is 1. The van der Waals surface area contributed by atoms with Crippen molar-refractivity contribution in [1.82, 2.24) is 9.55 Å². The fourth-order valence-electron chi connectivity index (χ4n) is 2.66. The van der Waals surface area contributed by atoms with Crippen LogP contribution in [0.2, 0.25) is 0 Å². The Morgan fingerprint density at radius 3 is 2.68 bits per heavy atom. The molecule has 3 aromatic rings. The topological polar surface area (TPSA) is 54.9 Å². The first-order valence-electron chi connectivity index (χ1n) is 6.91. The molecule has 0 aliphatic rings. The van der Waals surface area contributed by atoms with Crippen LogP contribution >= 0.6 is 11.3 Å². The van der Waals surface area contributed by atoms with Crippen molar-refractivity contribution in [1.29, 1.82) is 0 Å². The summed E-state index contributed by atoms with van der Waals surface area (Å²) in [6, 6.07) is 6.00. The second kappa shape index (κ2) is 5.53. The fourth-order valence-corrected chi connectivity index (χ4v) is 3.60. The molecule has 114 valence electrons. The molecule has 0 radical (unpaired) electrons. The van der Waals surface area contributed by atoms with Crippen LogP contribution in [0, 0.1) is 13.8 Å². The zero-order valence-corrected chi connectivity index (χ0v) is 13.1. The summed E-state index contributed by atoms with van der Waals surface area (Å²) < 4.78 is 13.5. The number of H-pyrrole nitrogens is 1. The van der Waals surface area contributed by atoms with Gasteiger partial charge in [-0.3, -0.25) is 14.3 Å². The van der Waals surface area contributed by atoms with Crippen LogP contribution in [0.25, 0.3) is 21.3 Å². The summed E-state index contributed by atoms with van der Waals surface area (Å²) in [5.41, 5.74) is 2.93. The largest absolute Gasteiger partial charge is 0.329 e. The van der Waals surface area contributed by atoms with Crippen molar-refractivity contribution in [3.05, 3.63) is 55.5 Å². The average molecular weight is 318 g/mol. The van der Waals surface area contributed by atoms with Crippen LogP contribution in [0.4, 0.5) is 4.39 Å². The van der Waals surface area contributed by atoms with E-state index in [1.165, 1.54) is 11.3 Å². The lowest BCUT2D eigenvalue weighted by atomic mass is 9.99. The lowest BCUT2D eigenvalue weighted by Crippen LogP contribution is -2.35. The van der Waals surface area contributed by atoms with E-state index in [0.717, 1.165) is 26.8 Å². The predicted octanol–water partition coefficient (Wildman–Crippen LogP) is 3.00. The molecule has 6 heteroatoms. The van der Waals surface area contributed by atoms with Crippen LogP contribution in [0.15, 0.2) is 33.2 Å². The van der Waals surface area contributed by atoms with Crippen molar-refractivity contribution in [2.75, 3.05) is 6.67 Å². The standard InChI is InChI=1S/C16H15FN2O2S/c1-9-3-4-11(10(2)7-9)12-8-22-14-13(12)15(20)19(6-5-17)16(21)18-14/h3-4,7-8H,5-6H2,1-2H3,(H,18,21). The highest BCUT2D eigenvalue weighted by molar-refractivity contribution is 7.17. The Morgan fingerprint density at radius 2 is 2.00 bits per heavy atom. The first kappa shape index (κ1) is 14.7. The van der Waals surface area contributed by atoms with E-state index in [1.807, 2.05) is 37.4 Å². The number of hydrogen-bond acceptors (Lipinski definition) is 3. The van der Waals surface area contributed by atoms with Crippen LogP contribution in [0.5, 0.6) is 0 Å². The summed E-state index contributed by atoms with van der Waals surface area (Å²) in [6.45, 7) is 3.01. The van der Waals surface area contributed by atoms with E-state index in [-0.39, 0.29) is 6.54 Å². The van der Waals surface area contributed by atoms with Gasteiger partial charge in [0.25, 0.3) is 5.56 Å². The summed E-state index contributed by atoms with van der Waals surface area (Å²) in [6.07, 6.45) is 0. The van der Waals surface area contributed by atoms with Gasteiger partial charge in [-0.2, -0.15) is 0 Å². The molecule has 0 fully saturated rings. The van der Waals surface area contributed by atoms with Crippen LogP contribution in [0.3, 0.4) is 0 Å². The zero-order valence-electron chi connectivity index (χ0n) is 12.3. The molecule has 0 unspecified atom stereocenters. The van der Waals surface area contributed by atoms with E-state index in [4.69, 9.17) is 0 Å². The number of alkyl halides is 1. The summed E-state index contributed by atoms with van der Waals surface area (Å²) in [4.78, 5) is 27.6. The Morgan fingerprint density at radius 1 is 1.23 bits per heavy atom. The first-order chi connectivity index (χ1) is 10.5. The average Bonchev–Trinajstić information content (AvgIpc) is 2.87. The van der Waals surface area contributed by atoms with Gasteiger partial charge in [0.05, 0.1) is 11.9 Å². The molecule has 1 N–H and O–H groups in total. The van der Waals surface area contributed by atoms with Crippen LogP contribution in [0.1, 0.15) is 11.1 Å². The van der Waals surface area contributed by atoms with Crippen molar-refractivity contribution < 1.29 is 4.39 Å². The number of aryl methyl sites for hydroxylation is 2. The molecular weight excluding hydrogens is 303 g/mol. The van der Waals surface area contributed by atoms with Gasteiger partial charge in [0, 0.05) is 10.9 Å². The first-order valence-corrected chi connectivity index (χ1v) is 7.79. The highest BCUT2D eigenvalue weighted by atomic mass is 32.1. The van der Waals surface area contributed by atoms with Crippen molar-refractivity contribution in [3.8, 4) is 11.1 Å². The van der Waals surface area contributed by atoms with Crippen LogP contribution in [-0.4, -0.2) is 16.2 Å². The highest BCUT2D eigenvalue weighted by Crippen LogP contribution is 2.32. The third-order valence-electron chi connectivity index (χ3n) is 3.70. The molecule has 3 rings (SSSR count). The lowest BCUT2D eigenvalue weighted by Gasteiger charge is -2.07. The second-order valence-corrected chi connectivity index (χ2v) is 6.13. The van der Waals surface area contributed by atoms with Crippen molar-refractivity contribution >= 4 is 21.6 Å². The minimum atomic E-state index is -0.752. The summed E-state index contributed by atoms with van der Waals surface area (Å²) in [5, 5.41) is 2.31. The van der Waals surface area contributed by atoms with E-state index >= 15 is 0 Å². The fraction of sp³-hybridized carbons (Fsp3) is 0.250. The number of aromatic amines is 1. The lowest BCUT2D eigenvalue weighted by molar-refractivity contribution is 0.434. The maximum atomic E-state index is 12.6. The van der Waals surface area contributed by atoms with Gasteiger partial charge in [-0.25, -0.2) is 9.18 Å². The number of aromatic nitrogens is 2. The van der Waals surface area contributed by atoms with Crippen LogP contribution in [-0.2, 0) is 6.54 Å². The molecule has 22 heavy (non-hydrogen) atoms. The molecule has 2 heterocycles. The number of nitrogens with zero attached hydrogens (tertiary/aromatic N) is 1. The molecule has 0 bridgehead atoms. The van der Waals surface area contributed by atoms with E-state index in [0.29, 0.717) is 10.2 Å². The van der Waals surface area contributed by atoms with Gasteiger partial charge in [0.2, 0.25) is 0 Å². The van der Waals surface area contributed by atoms with E-state index in [2.05, 4.69) is 4.98 Å². The third-order valence-corrected chi connectivity index (χ3v) is 4.59. The number of hydrogen-bond donors (Lipinski definition) is 1. The Bertz CT molecular complexity index is 968. The van der Waals surface area contributed by atoms with E-state index in [1.54, 1.807) is 0 Å². The molecule has 0 atom stereocenters. The Labute approximate surface area is 129 Å². The Hall–Kier alpha value is -2.21. The van der Waals surface area contributed by atoms with Crippen molar-refractivity contribution in [3.63, 3.8) is 0 Å². The van der Waals surface area contributed by atoms with Crippen molar-refractivity contribution in [2.45, 2.75) is 20.4 Å². The van der Waals surface area contributed by atoms with Crippen LogP contribution < -0.4 is 11.2 Å². The van der Waals surface area contributed by atoms with Gasteiger partial charge in [-0.1, -0.05) is 23.8 Å². The zero-order chi connectivity index (χ0) is 15.9. The molecule has 1 aromatic carbocycles. The quantitative estimate of drug-likeness (QED) is 0.807. The van der Waals surface area contributed by atoms with Gasteiger partial charge in [0.15, 0.2) is 0 Å². The van der Waals surface area contributed by atoms with Gasteiger partial charge in [0.1, 0.15) is 11.5 Å². The van der Waals surface area contributed by atoms with Gasteiger partial charge in [-0.05, 0) is 25.0 Å². The molecule has 2 aromatic heterocycles. The maximum Gasteiger partial charge on any atom is 0.329 e. The van der Waals surface area contributed by atoms with E-state index in [9.17, 15) is 14.0 Å². The minimum Gasteiger partial charge on any atom is -0.298 e. The van der Waals surface area contributed by atoms with Gasteiger partial charge in [-0.15, -0.1) is 11.3 Å². The van der Waals surface area contributed by atoms with Gasteiger partial charge >= 0.3 is 5.69 Å². The molecule has 0 saturated heterocycles. The molecule has 0 amide bonds. The normalized spacial score (nSPS) is 11.2. The summed E-state index contributed by atoms with van der Waals surface area (Å²) >= 11 is 1.31. The Balaban J connectivity index is 2.34. The SMILES string of the molecule is Cc1ccc(-c2csc3[nH]c(=O)n(CCF)c(=O)c23)c(C)c1. The molecule has 4 nitrogen and oxygen atoms in total. The molecule has 0 spiro atoms. The number of nitrogens with one attached hydrogen (secondary N) is 1. The maximum absolute atomic E-state index is 12.6. The monoisotopic (exact) mass is 318 g/mol. The molecule has 0 saturated carbocycles.